The summed E-state index contributed by atoms with van der Waals surface area (Å²) < 4.78 is 0. The van der Waals surface area contributed by atoms with Gasteiger partial charge >= 0.3 is 0 Å². The molecule has 1 aliphatic carbocycles. The molecule has 0 heterocycles. The first-order valence-corrected chi connectivity index (χ1v) is 5.82. The minimum atomic E-state index is -0.507. The van der Waals surface area contributed by atoms with Gasteiger partial charge in [-0.2, -0.15) is 0 Å². The van der Waals surface area contributed by atoms with Crippen molar-refractivity contribution in [2.24, 2.45) is 5.92 Å². The summed E-state index contributed by atoms with van der Waals surface area (Å²) in [5.41, 5.74) is -0.507. The largest absolute Gasteiger partial charge is 0.340 e. The molecule has 0 radical (unpaired) electrons. The van der Waals surface area contributed by atoms with Crippen molar-refractivity contribution in [1.82, 2.24) is 5.32 Å². The van der Waals surface area contributed by atoms with Gasteiger partial charge in [-0.1, -0.05) is 31.6 Å². The molecule has 0 atom stereocenters. The Labute approximate surface area is 92.8 Å². The van der Waals surface area contributed by atoms with Crippen LogP contribution in [0.4, 0.5) is 0 Å². The topological polar surface area (TPSA) is 29.1 Å². The Kier molecular flexibility index (Phi) is 4.20. The lowest BCUT2D eigenvalue weighted by Gasteiger charge is -2.20. The van der Waals surface area contributed by atoms with Gasteiger partial charge in [0.2, 0.25) is 5.91 Å². The molecule has 1 saturated carbocycles. The van der Waals surface area contributed by atoms with Crippen molar-refractivity contribution >= 4 is 5.91 Å². The second kappa shape index (κ2) is 5.21. The predicted molar refractivity (Wildman–Crippen MR) is 62.2 cm³/mol. The number of carbonyl (C=O) groups is 1. The van der Waals surface area contributed by atoms with Crippen LogP contribution in [-0.4, -0.2) is 11.4 Å². The summed E-state index contributed by atoms with van der Waals surface area (Å²) in [6.07, 6.45) is 12.2. The Morgan fingerprint density at radius 3 is 2.60 bits per heavy atom. The number of nitrogens with one attached hydrogen (secondary N) is 1. The van der Waals surface area contributed by atoms with E-state index in [1.807, 2.05) is 13.8 Å². The summed E-state index contributed by atoms with van der Waals surface area (Å²) in [6.45, 7) is 3.70. The van der Waals surface area contributed by atoms with Gasteiger partial charge in [0.1, 0.15) is 0 Å². The molecule has 2 nitrogen and oxygen atoms in total. The van der Waals surface area contributed by atoms with E-state index in [4.69, 9.17) is 6.42 Å². The van der Waals surface area contributed by atoms with E-state index in [0.717, 1.165) is 12.3 Å². The molecule has 2 heteroatoms. The first-order valence-electron chi connectivity index (χ1n) is 5.82. The zero-order chi connectivity index (χ0) is 11.3. The van der Waals surface area contributed by atoms with Gasteiger partial charge in [-0.25, -0.2) is 0 Å². The molecule has 1 fully saturated rings. The second-order valence-electron chi connectivity index (χ2n) is 5.01. The molecule has 1 rings (SSSR count). The fourth-order valence-electron chi connectivity index (χ4n) is 2.08. The third-order valence-electron chi connectivity index (χ3n) is 3.07. The molecule has 0 unspecified atom stereocenters. The Bertz CT molecular complexity index is 256. The summed E-state index contributed by atoms with van der Waals surface area (Å²) in [6, 6.07) is 0. The smallest absolute Gasteiger partial charge is 0.221 e. The van der Waals surface area contributed by atoms with Crippen LogP contribution in [0.5, 0.6) is 0 Å². The molecule has 1 aliphatic rings. The molecule has 0 aromatic rings. The molecule has 0 spiro atoms. The van der Waals surface area contributed by atoms with E-state index in [9.17, 15) is 4.79 Å². The average Bonchev–Trinajstić information content (AvgIpc) is 2.66. The molecule has 1 amide bonds. The monoisotopic (exact) mass is 207 g/mol. The number of rotatable bonds is 4. The maximum absolute atomic E-state index is 11.6. The quantitative estimate of drug-likeness (QED) is 0.705. The fraction of sp³-hybridized carbons (Fsp3) is 0.769. The number of hydrogen-bond donors (Lipinski definition) is 1. The van der Waals surface area contributed by atoms with E-state index in [1.54, 1.807) is 0 Å². The van der Waals surface area contributed by atoms with Gasteiger partial charge in [0.25, 0.3) is 0 Å². The highest BCUT2D eigenvalue weighted by atomic mass is 16.1. The van der Waals surface area contributed by atoms with Crippen LogP contribution in [0.3, 0.4) is 0 Å². The normalized spacial score (nSPS) is 17.4. The van der Waals surface area contributed by atoms with Crippen LogP contribution in [0.2, 0.25) is 0 Å². The number of hydrogen-bond acceptors (Lipinski definition) is 1. The molecule has 0 saturated heterocycles. The fourth-order valence-corrected chi connectivity index (χ4v) is 2.08. The van der Waals surface area contributed by atoms with E-state index in [0.29, 0.717) is 6.42 Å². The first-order chi connectivity index (χ1) is 7.03. The van der Waals surface area contributed by atoms with Crippen LogP contribution < -0.4 is 5.32 Å². The number of carbonyl (C=O) groups excluding carboxylic acids is 1. The highest BCUT2D eigenvalue weighted by Crippen LogP contribution is 2.28. The van der Waals surface area contributed by atoms with Gasteiger partial charge in [-0.05, 0) is 26.2 Å². The highest BCUT2D eigenvalue weighted by molar-refractivity contribution is 5.77. The molecule has 0 aromatic carbocycles. The van der Waals surface area contributed by atoms with Crippen molar-refractivity contribution in [2.45, 2.75) is 57.9 Å². The van der Waals surface area contributed by atoms with Crippen LogP contribution in [0.15, 0.2) is 0 Å². The van der Waals surface area contributed by atoms with Crippen molar-refractivity contribution in [2.75, 3.05) is 0 Å². The van der Waals surface area contributed by atoms with Gasteiger partial charge in [0.15, 0.2) is 0 Å². The maximum Gasteiger partial charge on any atom is 0.221 e. The van der Waals surface area contributed by atoms with Gasteiger partial charge < -0.3 is 5.32 Å². The minimum absolute atomic E-state index is 0.0878. The van der Waals surface area contributed by atoms with Crippen molar-refractivity contribution in [3.05, 3.63) is 0 Å². The lowest BCUT2D eigenvalue weighted by molar-refractivity contribution is -0.122. The molecule has 1 N–H and O–H groups in total. The van der Waals surface area contributed by atoms with Crippen molar-refractivity contribution in [3.63, 3.8) is 0 Å². The van der Waals surface area contributed by atoms with Crippen LogP contribution in [0.1, 0.15) is 52.4 Å². The van der Waals surface area contributed by atoms with E-state index < -0.39 is 5.54 Å². The predicted octanol–water partition coefficient (Wildman–Crippen LogP) is 2.48. The lowest BCUT2D eigenvalue weighted by Crippen LogP contribution is -2.42. The Morgan fingerprint density at radius 2 is 2.07 bits per heavy atom. The van der Waals surface area contributed by atoms with Gasteiger partial charge in [-0.15, -0.1) is 6.42 Å². The summed E-state index contributed by atoms with van der Waals surface area (Å²) in [4.78, 5) is 11.6. The van der Waals surface area contributed by atoms with Crippen molar-refractivity contribution in [1.29, 1.82) is 0 Å². The molecule has 0 aliphatic heterocycles. The highest BCUT2D eigenvalue weighted by Gasteiger charge is 2.19. The molecule has 0 bridgehead atoms. The molecule has 15 heavy (non-hydrogen) atoms. The zero-order valence-electron chi connectivity index (χ0n) is 9.81. The van der Waals surface area contributed by atoms with Crippen LogP contribution in [0.25, 0.3) is 0 Å². The van der Waals surface area contributed by atoms with Crippen LogP contribution >= 0.6 is 0 Å². The maximum atomic E-state index is 11.6. The Balaban J connectivity index is 2.21. The Hall–Kier alpha value is -0.970. The SMILES string of the molecule is C#CC(C)(C)NC(=O)CCC1CCCC1. The summed E-state index contributed by atoms with van der Waals surface area (Å²) in [5.74, 6) is 3.42. The first kappa shape index (κ1) is 12.1. The third-order valence-corrected chi connectivity index (χ3v) is 3.07. The summed E-state index contributed by atoms with van der Waals surface area (Å²) in [7, 11) is 0. The molecule has 0 aromatic heterocycles. The van der Waals surface area contributed by atoms with Gasteiger partial charge in [0, 0.05) is 6.42 Å². The Morgan fingerprint density at radius 1 is 1.47 bits per heavy atom. The van der Waals surface area contributed by atoms with Gasteiger partial charge in [0.05, 0.1) is 5.54 Å². The van der Waals surface area contributed by atoms with E-state index in [1.165, 1.54) is 25.7 Å². The minimum Gasteiger partial charge on any atom is -0.340 e. The van der Waals surface area contributed by atoms with Gasteiger partial charge in [-0.3, -0.25) is 4.79 Å². The standard InChI is InChI=1S/C13H21NO/c1-4-13(2,3)14-12(15)10-9-11-7-5-6-8-11/h1,11H,5-10H2,2-3H3,(H,14,15). The van der Waals surface area contributed by atoms with E-state index in [2.05, 4.69) is 11.2 Å². The number of amides is 1. The second-order valence-corrected chi connectivity index (χ2v) is 5.01. The summed E-state index contributed by atoms with van der Waals surface area (Å²) in [5, 5.41) is 2.85. The van der Waals surface area contributed by atoms with E-state index in [-0.39, 0.29) is 5.91 Å². The van der Waals surface area contributed by atoms with Crippen LogP contribution in [-0.2, 0) is 4.79 Å². The van der Waals surface area contributed by atoms with Crippen molar-refractivity contribution < 1.29 is 4.79 Å². The lowest BCUT2D eigenvalue weighted by atomic mass is 10.0. The summed E-state index contributed by atoms with van der Waals surface area (Å²) >= 11 is 0. The third kappa shape index (κ3) is 4.38. The van der Waals surface area contributed by atoms with E-state index >= 15 is 0 Å². The average molecular weight is 207 g/mol. The molecular weight excluding hydrogens is 186 g/mol. The molecule has 84 valence electrons. The molecular formula is C13H21NO. The van der Waals surface area contributed by atoms with Crippen molar-refractivity contribution in [3.8, 4) is 12.3 Å². The number of terminal acetylenes is 1. The van der Waals surface area contributed by atoms with Crippen LogP contribution in [0, 0.1) is 18.3 Å². The zero-order valence-corrected chi connectivity index (χ0v) is 9.81.